The van der Waals surface area contributed by atoms with Gasteiger partial charge in [-0.3, -0.25) is 14.5 Å². The summed E-state index contributed by atoms with van der Waals surface area (Å²) >= 11 is 0. The highest BCUT2D eigenvalue weighted by atomic mass is 19.1. The van der Waals surface area contributed by atoms with Gasteiger partial charge in [-0.2, -0.15) is 0 Å². The summed E-state index contributed by atoms with van der Waals surface area (Å²) in [4.78, 5) is 24.5. The largest absolute Gasteiger partial charge is 0.320 e. The van der Waals surface area contributed by atoms with Crippen molar-refractivity contribution in [3.05, 3.63) is 35.6 Å². The predicted molar refractivity (Wildman–Crippen MR) is 59.2 cm³/mol. The number of benzene rings is 1. The Balaban J connectivity index is 2.13. The molecule has 2 amide bonds. The lowest BCUT2D eigenvalue weighted by Crippen LogP contribution is -2.50. The highest BCUT2D eigenvalue weighted by Gasteiger charge is 2.31. The highest BCUT2D eigenvalue weighted by Crippen LogP contribution is 2.15. The van der Waals surface area contributed by atoms with Crippen molar-refractivity contribution in [2.24, 2.45) is 5.73 Å². The fourth-order valence-corrected chi connectivity index (χ4v) is 1.80. The van der Waals surface area contributed by atoms with E-state index in [-0.39, 0.29) is 30.6 Å². The molecule has 1 saturated heterocycles. The van der Waals surface area contributed by atoms with Crippen molar-refractivity contribution >= 4 is 11.8 Å². The summed E-state index contributed by atoms with van der Waals surface area (Å²) in [7, 11) is 0. The van der Waals surface area contributed by atoms with Gasteiger partial charge in [0.15, 0.2) is 0 Å². The van der Waals surface area contributed by atoms with Gasteiger partial charge in [-0.1, -0.05) is 12.1 Å². The summed E-state index contributed by atoms with van der Waals surface area (Å²) in [6.07, 6.45) is 0.686. The van der Waals surface area contributed by atoms with Crippen LogP contribution in [-0.2, 0) is 16.1 Å². The van der Waals surface area contributed by atoms with Crippen molar-refractivity contribution in [1.82, 2.24) is 4.90 Å². The summed E-state index contributed by atoms with van der Waals surface area (Å²) in [5.41, 5.74) is 6.32. The zero-order valence-corrected chi connectivity index (χ0v) is 9.23. The van der Waals surface area contributed by atoms with Crippen molar-refractivity contribution in [3.8, 4) is 0 Å². The van der Waals surface area contributed by atoms with Gasteiger partial charge in [0.05, 0.1) is 12.6 Å². The van der Waals surface area contributed by atoms with Gasteiger partial charge >= 0.3 is 0 Å². The summed E-state index contributed by atoms with van der Waals surface area (Å²) < 4.78 is 12.7. The summed E-state index contributed by atoms with van der Waals surface area (Å²) in [6.45, 7) is 0.158. The van der Waals surface area contributed by atoms with Gasteiger partial charge in [0.25, 0.3) is 0 Å². The maximum atomic E-state index is 12.7. The molecule has 0 aromatic heterocycles. The number of hydrogen-bond acceptors (Lipinski definition) is 3. The smallest absolute Gasteiger partial charge is 0.246 e. The number of amides is 2. The van der Waals surface area contributed by atoms with Crippen molar-refractivity contribution in [3.63, 3.8) is 0 Å². The first kappa shape index (κ1) is 11.7. The van der Waals surface area contributed by atoms with Crippen LogP contribution < -0.4 is 5.73 Å². The quantitative estimate of drug-likeness (QED) is 0.772. The van der Waals surface area contributed by atoms with Gasteiger partial charge < -0.3 is 5.73 Å². The fourth-order valence-electron chi connectivity index (χ4n) is 1.80. The third-order valence-electron chi connectivity index (χ3n) is 2.81. The van der Waals surface area contributed by atoms with Gasteiger partial charge in [-0.05, 0) is 24.1 Å². The van der Waals surface area contributed by atoms with E-state index in [9.17, 15) is 14.0 Å². The van der Waals surface area contributed by atoms with Crippen LogP contribution in [0.3, 0.4) is 0 Å². The fraction of sp³-hybridized carbons (Fsp3) is 0.333. The van der Waals surface area contributed by atoms with Crippen LogP contribution in [0, 0.1) is 5.82 Å². The van der Waals surface area contributed by atoms with E-state index in [0.29, 0.717) is 12.0 Å². The average Bonchev–Trinajstić information content (AvgIpc) is 2.32. The SMILES string of the molecule is N[C@@H]1CCC(=O)N(Cc2ccc(F)cc2)C1=O. The molecule has 1 aromatic rings. The van der Waals surface area contributed by atoms with Gasteiger partial charge in [0.1, 0.15) is 5.82 Å². The Morgan fingerprint density at radius 3 is 2.59 bits per heavy atom. The molecule has 5 heteroatoms. The molecule has 1 fully saturated rings. The first-order chi connectivity index (χ1) is 8.08. The van der Waals surface area contributed by atoms with Gasteiger partial charge in [0, 0.05) is 6.42 Å². The van der Waals surface area contributed by atoms with Crippen molar-refractivity contribution in [2.75, 3.05) is 0 Å². The summed E-state index contributed by atoms with van der Waals surface area (Å²) in [5, 5.41) is 0. The van der Waals surface area contributed by atoms with E-state index in [1.54, 1.807) is 12.1 Å². The number of carbonyl (C=O) groups excluding carboxylic acids is 2. The molecule has 0 spiro atoms. The molecule has 2 rings (SSSR count). The first-order valence-corrected chi connectivity index (χ1v) is 5.42. The number of piperidine rings is 1. The Morgan fingerprint density at radius 1 is 1.29 bits per heavy atom. The van der Waals surface area contributed by atoms with Crippen LogP contribution in [-0.4, -0.2) is 22.8 Å². The van der Waals surface area contributed by atoms with Gasteiger partial charge in [0.2, 0.25) is 11.8 Å². The highest BCUT2D eigenvalue weighted by molar-refractivity contribution is 6.00. The van der Waals surface area contributed by atoms with Gasteiger partial charge in [-0.15, -0.1) is 0 Å². The van der Waals surface area contributed by atoms with E-state index in [1.807, 2.05) is 0 Å². The molecule has 1 aromatic carbocycles. The normalized spacial score (nSPS) is 20.8. The van der Waals surface area contributed by atoms with Crippen molar-refractivity contribution in [1.29, 1.82) is 0 Å². The Hall–Kier alpha value is -1.75. The minimum atomic E-state index is -0.604. The number of nitrogens with two attached hydrogens (primary N) is 1. The Kier molecular flexibility index (Phi) is 3.19. The molecule has 0 aliphatic carbocycles. The number of carbonyl (C=O) groups is 2. The molecule has 0 saturated carbocycles. The topological polar surface area (TPSA) is 63.4 Å². The molecule has 1 atom stereocenters. The number of likely N-dealkylation sites (tertiary alicyclic amines) is 1. The summed E-state index contributed by atoms with van der Waals surface area (Å²) in [6, 6.07) is 5.10. The van der Waals surface area contributed by atoms with E-state index in [0.717, 1.165) is 4.90 Å². The van der Waals surface area contributed by atoms with Crippen LogP contribution in [0.25, 0.3) is 0 Å². The molecule has 0 bridgehead atoms. The Labute approximate surface area is 98.2 Å². The minimum Gasteiger partial charge on any atom is -0.320 e. The third-order valence-corrected chi connectivity index (χ3v) is 2.81. The van der Waals surface area contributed by atoms with E-state index in [4.69, 9.17) is 5.73 Å². The molecule has 1 aliphatic heterocycles. The molecular weight excluding hydrogens is 223 g/mol. The molecule has 1 aliphatic rings. The number of nitrogens with zero attached hydrogens (tertiary/aromatic N) is 1. The maximum Gasteiger partial charge on any atom is 0.246 e. The molecule has 17 heavy (non-hydrogen) atoms. The molecule has 4 nitrogen and oxygen atoms in total. The van der Waals surface area contributed by atoms with Crippen LogP contribution in [0.15, 0.2) is 24.3 Å². The number of hydrogen-bond donors (Lipinski definition) is 1. The first-order valence-electron chi connectivity index (χ1n) is 5.42. The van der Waals surface area contributed by atoms with E-state index >= 15 is 0 Å². The van der Waals surface area contributed by atoms with Crippen LogP contribution in [0.4, 0.5) is 4.39 Å². The van der Waals surface area contributed by atoms with E-state index in [1.165, 1.54) is 12.1 Å². The molecule has 2 N–H and O–H groups in total. The number of halogens is 1. The lowest BCUT2D eigenvalue weighted by molar-refractivity contribution is -0.149. The predicted octanol–water partition coefficient (Wildman–Crippen LogP) is 0.802. The number of rotatable bonds is 2. The Morgan fingerprint density at radius 2 is 1.94 bits per heavy atom. The molecule has 0 radical (unpaired) electrons. The lowest BCUT2D eigenvalue weighted by atomic mass is 10.0. The van der Waals surface area contributed by atoms with Gasteiger partial charge in [-0.25, -0.2) is 4.39 Å². The lowest BCUT2D eigenvalue weighted by Gasteiger charge is -2.28. The molecular formula is C12H13FN2O2. The van der Waals surface area contributed by atoms with Crippen LogP contribution in [0.2, 0.25) is 0 Å². The zero-order valence-electron chi connectivity index (χ0n) is 9.23. The Bertz CT molecular complexity index is 444. The van der Waals surface area contributed by atoms with Crippen LogP contribution in [0.5, 0.6) is 0 Å². The van der Waals surface area contributed by atoms with Crippen molar-refractivity contribution in [2.45, 2.75) is 25.4 Å². The second-order valence-corrected chi connectivity index (χ2v) is 4.09. The second-order valence-electron chi connectivity index (χ2n) is 4.09. The van der Waals surface area contributed by atoms with E-state index < -0.39 is 6.04 Å². The van der Waals surface area contributed by atoms with Crippen molar-refractivity contribution < 1.29 is 14.0 Å². The average molecular weight is 236 g/mol. The maximum absolute atomic E-state index is 12.7. The summed E-state index contributed by atoms with van der Waals surface area (Å²) in [5.74, 6) is -0.923. The minimum absolute atomic E-state index is 0.158. The monoisotopic (exact) mass is 236 g/mol. The van der Waals surface area contributed by atoms with E-state index in [2.05, 4.69) is 0 Å². The van der Waals surface area contributed by atoms with Crippen LogP contribution in [0.1, 0.15) is 18.4 Å². The standard InChI is InChI=1S/C12H13FN2O2/c13-9-3-1-8(2-4-9)7-15-11(16)6-5-10(14)12(15)17/h1-4,10H,5-7,14H2/t10-/m1/s1. The third kappa shape index (κ3) is 2.50. The molecule has 1 heterocycles. The zero-order chi connectivity index (χ0) is 12.4. The second kappa shape index (κ2) is 4.63. The molecule has 90 valence electrons. The molecule has 0 unspecified atom stereocenters. The van der Waals surface area contributed by atoms with Crippen LogP contribution >= 0.6 is 0 Å². The number of imide groups is 1.